The van der Waals surface area contributed by atoms with Gasteiger partial charge in [-0.05, 0) is 58.7 Å². The molecule has 0 atom stereocenters. The van der Waals surface area contributed by atoms with Crippen molar-refractivity contribution >= 4 is 16.7 Å². The van der Waals surface area contributed by atoms with Gasteiger partial charge >= 0.3 is 0 Å². The zero-order valence-electron chi connectivity index (χ0n) is 20.8. The lowest BCUT2D eigenvalue weighted by Gasteiger charge is -2.29. The van der Waals surface area contributed by atoms with Crippen LogP contribution in [0, 0.1) is 0 Å². The van der Waals surface area contributed by atoms with Gasteiger partial charge in [-0.2, -0.15) is 5.10 Å². The molecule has 0 saturated heterocycles. The van der Waals surface area contributed by atoms with Gasteiger partial charge in [-0.3, -0.25) is 9.89 Å². The first-order valence-corrected chi connectivity index (χ1v) is 12.3. The molecule has 1 amide bonds. The first-order chi connectivity index (χ1) is 18.1. The van der Waals surface area contributed by atoms with E-state index in [-0.39, 0.29) is 5.91 Å². The molecule has 0 radical (unpaired) electrons. The first kappa shape index (κ1) is 22.9. The smallest absolute Gasteiger partial charge is 0.254 e. The van der Waals surface area contributed by atoms with E-state index in [2.05, 4.69) is 46.6 Å². The molecule has 184 valence electrons. The van der Waals surface area contributed by atoms with Crippen molar-refractivity contribution < 1.29 is 14.3 Å². The number of rotatable bonds is 5. The molecule has 0 unspecified atom stereocenters. The van der Waals surface area contributed by atoms with Gasteiger partial charge in [-0.15, -0.1) is 0 Å². The van der Waals surface area contributed by atoms with Crippen LogP contribution in [0.25, 0.3) is 33.3 Å². The molecule has 0 spiro atoms. The summed E-state index contributed by atoms with van der Waals surface area (Å²) in [6.45, 7) is 1.21. The Balaban J connectivity index is 1.21. The van der Waals surface area contributed by atoms with Crippen LogP contribution in [-0.2, 0) is 13.0 Å². The minimum Gasteiger partial charge on any atom is -0.493 e. The molecule has 1 aliphatic rings. The van der Waals surface area contributed by atoms with Crippen LogP contribution in [0.5, 0.6) is 11.5 Å². The quantitative estimate of drug-likeness (QED) is 0.323. The molecule has 2 heterocycles. The second kappa shape index (κ2) is 9.47. The average Bonchev–Trinajstić information content (AvgIpc) is 3.45. The van der Waals surface area contributed by atoms with Crippen molar-refractivity contribution in [3.05, 3.63) is 102 Å². The van der Waals surface area contributed by atoms with E-state index in [0.29, 0.717) is 24.4 Å². The minimum absolute atomic E-state index is 0.0189. The minimum atomic E-state index is 0.0189. The maximum atomic E-state index is 13.3. The Morgan fingerprint density at radius 2 is 1.59 bits per heavy atom. The zero-order chi connectivity index (χ0) is 25.4. The van der Waals surface area contributed by atoms with Crippen LogP contribution in [0.3, 0.4) is 0 Å². The average molecular weight is 490 g/mol. The van der Waals surface area contributed by atoms with Crippen molar-refractivity contribution in [2.75, 3.05) is 20.8 Å². The van der Waals surface area contributed by atoms with E-state index in [4.69, 9.17) is 9.47 Å². The SMILES string of the molecule is COc1cc2c(cc1OC)CN(C(=O)c1ccc(-c3cc(-c4cccc5ccccc45)[nH]n3)cc1)CC2. The highest BCUT2D eigenvalue weighted by molar-refractivity contribution is 5.97. The third kappa shape index (κ3) is 4.20. The van der Waals surface area contributed by atoms with Crippen LogP contribution in [0.15, 0.2) is 84.9 Å². The maximum absolute atomic E-state index is 13.3. The van der Waals surface area contributed by atoms with Crippen LogP contribution in [0.4, 0.5) is 0 Å². The van der Waals surface area contributed by atoms with Crippen molar-refractivity contribution in [2.45, 2.75) is 13.0 Å². The summed E-state index contributed by atoms with van der Waals surface area (Å²) in [4.78, 5) is 15.2. The van der Waals surface area contributed by atoms with Gasteiger partial charge in [0, 0.05) is 29.8 Å². The van der Waals surface area contributed by atoms with Crippen LogP contribution in [-0.4, -0.2) is 41.8 Å². The molecule has 6 heteroatoms. The van der Waals surface area contributed by atoms with Gasteiger partial charge < -0.3 is 14.4 Å². The fraction of sp³-hybridized carbons (Fsp3) is 0.161. The Kier molecular flexibility index (Phi) is 5.85. The van der Waals surface area contributed by atoms with Crippen molar-refractivity contribution in [1.82, 2.24) is 15.1 Å². The van der Waals surface area contributed by atoms with Crippen molar-refractivity contribution in [3.8, 4) is 34.0 Å². The molecule has 1 aliphatic heterocycles. The molecule has 0 aliphatic carbocycles. The summed E-state index contributed by atoms with van der Waals surface area (Å²) < 4.78 is 10.9. The summed E-state index contributed by atoms with van der Waals surface area (Å²) in [5.41, 5.74) is 6.82. The standard InChI is InChI=1S/C31H27N3O3/c1-36-29-16-23-14-15-34(19-24(23)17-30(29)37-2)31(35)22-12-10-21(11-13-22)27-18-28(33-32-27)26-9-5-7-20-6-3-4-8-25(20)26/h3-13,16-18H,14-15,19H2,1-2H3,(H,32,33). The van der Waals surface area contributed by atoms with Gasteiger partial charge in [0.25, 0.3) is 5.91 Å². The number of ether oxygens (including phenoxy) is 2. The largest absolute Gasteiger partial charge is 0.493 e. The molecule has 0 fully saturated rings. The van der Waals surface area contributed by atoms with E-state index in [1.54, 1.807) is 14.2 Å². The molecule has 0 bridgehead atoms. The van der Waals surface area contributed by atoms with E-state index in [0.717, 1.165) is 40.2 Å². The highest BCUT2D eigenvalue weighted by atomic mass is 16.5. The van der Waals surface area contributed by atoms with Crippen LogP contribution >= 0.6 is 0 Å². The van der Waals surface area contributed by atoms with Gasteiger partial charge in [-0.1, -0.05) is 54.6 Å². The highest BCUT2D eigenvalue weighted by Gasteiger charge is 2.24. The molecule has 1 N–H and O–H groups in total. The normalized spacial score (nSPS) is 12.9. The van der Waals surface area contributed by atoms with Crippen LogP contribution in [0.2, 0.25) is 0 Å². The fourth-order valence-corrected chi connectivity index (χ4v) is 5.09. The molecule has 4 aromatic carbocycles. The molecule has 6 rings (SSSR count). The summed E-state index contributed by atoms with van der Waals surface area (Å²) in [7, 11) is 3.27. The summed E-state index contributed by atoms with van der Waals surface area (Å²) in [6.07, 6.45) is 0.781. The summed E-state index contributed by atoms with van der Waals surface area (Å²) in [5, 5.41) is 10.1. The van der Waals surface area contributed by atoms with Gasteiger partial charge in [0.1, 0.15) is 0 Å². The first-order valence-electron chi connectivity index (χ1n) is 12.3. The Morgan fingerprint density at radius 1 is 0.865 bits per heavy atom. The fourth-order valence-electron chi connectivity index (χ4n) is 5.09. The number of nitrogens with zero attached hydrogens (tertiary/aromatic N) is 2. The zero-order valence-corrected chi connectivity index (χ0v) is 20.8. The van der Waals surface area contributed by atoms with Crippen molar-refractivity contribution in [1.29, 1.82) is 0 Å². The molecular formula is C31H27N3O3. The van der Waals surface area contributed by atoms with E-state index >= 15 is 0 Å². The number of fused-ring (bicyclic) bond motifs is 2. The maximum Gasteiger partial charge on any atom is 0.254 e. The van der Waals surface area contributed by atoms with Crippen LogP contribution in [0.1, 0.15) is 21.5 Å². The molecule has 6 nitrogen and oxygen atoms in total. The lowest BCUT2D eigenvalue weighted by Crippen LogP contribution is -2.36. The predicted octanol–water partition coefficient (Wildman–Crippen LogP) is 6.11. The van der Waals surface area contributed by atoms with Crippen LogP contribution < -0.4 is 9.47 Å². The third-order valence-electron chi connectivity index (χ3n) is 7.09. The second-order valence-electron chi connectivity index (χ2n) is 9.22. The van der Waals surface area contributed by atoms with Crippen molar-refractivity contribution in [2.24, 2.45) is 0 Å². The van der Waals surface area contributed by atoms with E-state index in [9.17, 15) is 4.79 Å². The number of nitrogens with one attached hydrogen (secondary N) is 1. The predicted molar refractivity (Wildman–Crippen MR) is 145 cm³/mol. The number of aromatic nitrogens is 2. The third-order valence-corrected chi connectivity index (χ3v) is 7.09. The van der Waals surface area contributed by atoms with E-state index < -0.39 is 0 Å². The molecule has 0 saturated carbocycles. The second-order valence-corrected chi connectivity index (χ2v) is 9.22. The topological polar surface area (TPSA) is 67.5 Å². The summed E-state index contributed by atoms with van der Waals surface area (Å²) in [5.74, 6) is 1.42. The van der Waals surface area contributed by atoms with E-state index in [1.807, 2.05) is 53.4 Å². The molecule has 5 aromatic rings. The Morgan fingerprint density at radius 3 is 2.38 bits per heavy atom. The number of aromatic amines is 1. The van der Waals surface area contributed by atoms with Gasteiger partial charge in [0.15, 0.2) is 11.5 Å². The number of H-pyrrole nitrogens is 1. The molecular weight excluding hydrogens is 462 g/mol. The lowest BCUT2D eigenvalue weighted by atomic mass is 9.98. The number of hydrogen-bond donors (Lipinski definition) is 1. The molecule has 1 aromatic heterocycles. The highest BCUT2D eigenvalue weighted by Crippen LogP contribution is 2.34. The number of carbonyl (C=O) groups excluding carboxylic acids is 1. The van der Waals surface area contributed by atoms with Crippen molar-refractivity contribution in [3.63, 3.8) is 0 Å². The number of benzene rings is 4. The molecule has 37 heavy (non-hydrogen) atoms. The van der Waals surface area contributed by atoms with Gasteiger partial charge in [0.2, 0.25) is 0 Å². The Hall–Kier alpha value is -4.58. The number of hydrogen-bond acceptors (Lipinski definition) is 4. The lowest BCUT2D eigenvalue weighted by molar-refractivity contribution is 0.0734. The van der Waals surface area contributed by atoms with Gasteiger partial charge in [-0.25, -0.2) is 0 Å². The van der Waals surface area contributed by atoms with E-state index in [1.165, 1.54) is 16.3 Å². The number of methoxy groups -OCH3 is 2. The summed E-state index contributed by atoms with van der Waals surface area (Å²) >= 11 is 0. The number of amides is 1. The number of carbonyl (C=O) groups is 1. The monoisotopic (exact) mass is 489 g/mol. The Labute approximate surface area is 215 Å². The van der Waals surface area contributed by atoms with Gasteiger partial charge in [0.05, 0.1) is 25.6 Å². The Bertz CT molecular complexity index is 1600. The summed E-state index contributed by atoms with van der Waals surface area (Å²) in [6, 6.07) is 28.3.